The summed E-state index contributed by atoms with van der Waals surface area (Å²) in [6.07, 6.45) is 7.22. The van der Waals surface area contributed by atoms with Crippen LogP contribution in [0.3, 0.4) is 0 Å². The summed E-state index contributed by atoms with van der Waals surface area (Å²) in [6.45, 7) is 0.396. The maximum Gasteiger partial charge on any atom is 0.282 e. The molecule has 35 heavy (non-hydrogen) atoms. The molecule has 0 radical (unpaired) electrons. The van der Waals surface area contributed by atoms with E-state index in [0.29, 0.717) is 23.5 Å². The van der Waals surface area contributed by atoms with E-state index in [2.05, 4.69) is 5.10 Å². The number of fused-ring (bicyclic) bond motifs is 1. The van der Waals surface area contributed by atoms with E-state index in [9.17, 15) is 4.79 Å². The van der Waals surface area contributed by atoms with E-state index >= 15 is 0 Å². The molecule has 0 aliphatic heterocycles. The van der Waals surface area contributed by atoms with Crippen molar-refractivity contribution < 1.29 is 9.47 Å². The molecule has 1 heterocycles. The van der Waals surface area contributed by atoms with Gasteiger partial charge in [0.2, 0.25) is 0 Å². The molecule has 0 spiro atoms. The van der Waals surface area contributed by atoms with E-state index in [1.807, 2.05) is 66.7 Å². The maximum absolute atomic E-state index is 13.5. The molecule has 0 atom stereocenters. The second-order valence-corrected chi connectivity index (χ2v) is 8.84. The van der Waals surface area contributed by atoms with Crippen LogP contribution in [0.15, 0.2) is 82.7 Å². The summed E-state index contributed by atoms with van der Waals surface area (Å²) in [7, 11) is 1.62. The topological polar surface area (TPSA) is 65.7 Å². The molecule has 0 saturated heterocycles. The molecule has 6 heteroatoms. The van der Waals surface area contributed by atoms with Crippen LogP contribution in [-0.2, 0) is 6.61 Å². The number of hydrogen-bond donors (Lipinski definition) is 0. The van der Waals surface area contributed by atoms with Crippen LogP contribution < -0.4 is 15.0 Å². The fourth-order valence-electron chi connectivity index (χ4n) is 4.68. The minimum atomic E-state index is -0.151. The molecule has 0 N–H and O–H groups in total. The van der Waals surface area contributed by atoms with Crippen molar-refractivity contribution in [1.29, 1.82) is 0 Å². The Morgan fingerprint density at radius 3 is 2.54 bits per heavy atom. The maximum atomic E-state index is 13.5. The van der Waals surface area contributed by atoms with Crippen molar-refractivity contribution in [3.8, 4) is 11.5 Å². The van der Waals surface area contributed by atoms with E-state index in [-0.39, 0.29) is 11.5 Å². The van der Waals surface area contributed by atoms with E-state index in [1.54, 1.807) is 19.4 Å². The van der Waals surface area contributed by atoms with Crippen molar-refractivity contribution in [2.24, 2.45) is 5.10 Å². The monoisotopic (exact) mass is 467 g/mol. The Hall–Kier alpha value is -3.93. The van der Waals surface area contributed by atoms with Gasteiger partial charge in [0.05, 0.1) is 24.2 Å². The summed E-state index contributed by atoms with van der Waals surface area (Å²) in [5, 5.41) is 5.24. The Balaban J connectivity index is 1.55. The number of methoxy groups -OCH3 is 1. The molecular formula is C29H29N3O3. The fraction of sp³-hybridized carbons (Fsp3) is 0.276. The van der Waals surface area contributed by atoms with Gasteiger partial charge in [0.25, 0.3) is 5.56 Å². The summed E-state index contributed by atoms with van der Waals surface area (Å²) in [6, 6.07) is 23.1. The summed E-state index contributed by atoms with van der Waals surface area (Å²) in [4.78, 5) is 18.4. The van der Waals surface area contributed by atoms with E-state index in [0.717, 1.165) is 48.2 Å². The molecule has 1 saturated carbocycles. The first-order chi connectivity index (χ1) is 17.2. The van der Waals surface area contributed by atoms with Gasteiger partial charge in [-0.25, -0.2) is 4.98 Å². The van der Waals surface area contributed by atoms with Crippen molar-refractivity contribution >= 4 is 17.1 Å². The molecule has 1 aliphatic carbocycles. The predicted octanol–water partition coefficient (Wildman–Crippen LogP) is 5.91. The van der Waals surface area contributed by atoms with Crippen LogP contribution in [0.1, 0.15) is 55.0 Å². The molecule has 0 bridgehead atoms. The number of benzene rings is 3. The minimum Gasteiger partial charge on any atom is -0.493 e. The Bertz CT molecular complexity index is 1390. The van der Waals surface area contributed by atoms with E-state index < -0.39 is 0 Å². The largest absolute Gasteiger partial charge is 0.493 e. The van der Waals surface area contributed by atoms with Gasteiger partial charge in [0.1, 0.15) is 12.4 Å². The summed E-state index contributed by atoms with van der Waals surface area (Å²) in [5.41, 5.74) is 2.35. The van der Waals surface area contributed by atoms with Crippen LogP contribution in [0, 0.1) is 0 Å². The van der Waals surface area contributed by atoms with Gasteiger partial charge >= 0.3 is 0 Å². The molecule has 6 nitrogen and oxygen atoms in total. The van der Waals surface area contributed by atoms with E-state index in [4.69, 9.17) is 14.5 Å². The zero-order valence-corrected chi connectivity index (χ0v) is 19.9. The molecule has 5 rings (SSSR count). The second kappa shape index (κ2) is 10.6. The molecule has 3 aromatic carbocycles. The lowest BCUT2D eigenvalue weighted by atomic mass is 9.88. The van der Waals surface area contributed by atoms with Gasteiger partial charge < -0.3 is 9.47 Å². The molecule has 0 unspecified atom stereocenters. The van der Waals surface area contributed by atoms with Crippen molar-refractivity contribution in [3.63, 3.8) is 0 Å². The summed E-state index contributed by atoms with van der Waals surface area (Å²) in [5.74, 6) is 2.15. The summed E-state index contributed by atoms with van der Waals surface area (Å²) < 4.78 is 13.2. The predicted molar refractivity (Wildman–Crippen MR) is 139 cm³/mol. The van der Waals surface area contributed by atoms with Gasteiger partial charge in [-0.2, -0.15) is 9.78 Å². The first kappa shape index (κ1) is 22.8. The van der Waals surface area contributed by atoms with E-state index in [1.165, 1.54) is 11.1 Å². The third kappa shape index (κ3) is 4.97. The number of aromatic nitrogens is 2. The van der Waals surface area contributed by atoms with Gasteiger partial charge in [-0.05, 0) is 42.7 Å². The number of para-hydroxylation sites is 2. The second-order valence-electron chi connectivity index (χ2n) is 8.84. The summed E-state index contributed by atoms with van der Waals surface area (Å²) >= 11 is 0. The van der Waals surface area contributed by atoms with Crippen LogP contribution in [0.5, 0.6) is 11.5 Å². The van der Waals surface area contributed by atoms with Crippen molar-refractivity contribution in [2.75, 3.05) is 7.11 Å². The molecule has 1 fully saturated rings. The van der Waals surface area contributed by atoms with Crippen LogP contribution in [0.4, 0.5) is 0 Å². The highest BCUT2D eigenvalue weighted by Crippen LogP contribution is 2.33. The van der Waals surface area contributed by atoms with Gasteiger partial charge in [-0.3, -0.25) is 4.79 Å². The number of rotatable bonds is 7. The SMILES string of the molecule is COc1cccc(C=Nn2c(C3CCCCC3)nc3ccccc3c2=O)c1OCc1ccccc1. The Labute approximate surface area is 204 Å². The van der Waals surface area contributed by atoms with Crippen LogP contribution in [0.25, 0.3) is 10.9 Å². The van der Waals surface area contributed by atoms with Gasteiger partial charge in [-0.15, -0.1) is 0 Å². The third-order valence-corrected chi connectivity index (χ3v) is 6.52. The number of hydrogen-bond acceptors (Lipinski definition) is 5. The zero-order chi connectivity index (χ0) is 24.0. The Kier molecular flexibility index (Phi) is 6.89. The number of nitrogens with zero attached hydrogens (tertiary/aromatic N) is 3. The van der Waals surface area contributed by atoms with Gasteiger partial charge in [0, 0.05) is 11.5 Å². The van der Waals surface area contributed by atoms with Crippen LogP contribution in [-0.4, -0.2) is 23.0 Å². The lowest BCUT2D eigenvalue weighted by molar-refractivity contribution is 0.284. The Morgan fingerprint density at radius 2 is 1.74 bits per heavy atom. The molecule has 178 valence electrons. The average molecular weight is 468 g/mol. The molecule has 4 aromatic rings. The van der Waals surface area contributed by atoms with Gasteiger partial charge in [-0.1, -0.05) is 67.8 Å². The fourth-order valence-corrected chi connectivity index (χ4v) is 4.68. The molecule has 0 amide bonds. The zero-order valence-electron chi connectivity index (χ0n) is 19.9. The smallest absolute Gasteiger partial charge is 0.282 e. The van der Waals surface area contributed by atoms with Crippen LogP contribution >= 0.6 is 0 Å². The van der Waals surface area contributed by atoms with Crippen molar-refractivity contribution in [3.05, 3.63) is 100 Å². The molecular weight excluding hydrogens is 438 g/mol. The Morgan fingerprint density at radius 1 is 0.971 bits per heavy atom. The highest BCUT2D eigenvalue weighted by atomic mass is 16.5. The standard InChI is InChI=1S/C29H29N3O3/c1-34-26-18-10-15-23(27(26)35-20-21-11-4-2-5-12-21)19-30-32-28(22-13-6-3-7-14-22)31-25-17-9-8-16-24(25)29(32)33/h2,4-5,8-12,15-19,22H,3,6-7,13-14,20H2,1H3. The lowest BCUT2D eigenvalue weighted by Gasteiger charge is -2.22. The molecule has 1 aromatic heterocycles. The average Bonchev–Trinajstić information content (AvgIpc) is 2.92. The lowest BCUT2D eigenvalue weighted by Crippen LogP contribution is -2.25. The highest BCUT2D eigenvalue weighted by molar-refractivity contribution is 5.85. The van der Waals surface area contributed by atoms with Gasteiger partial charge in [0.15, 0.2) is 11.5 Å². The first-order valence-electron chi connectivity index (χ1n) is 12.1. The quantitative estimate of drug-likeness (QED) is 0.317. The third-order valence-electron chi connectivity index (χ3n) is 6.52. The minimum absolute atomic E-state index is 0.151. The van der Waals surface area contributed by atoms with Crippen molar-refractivity contribution in [1.82, 2.24) is 9.66 Å². The normalized spacial score (nSPS) is 14.4. The van der Waals surface area contributed by atoms with Crippen LogP contribution in [0.2, 0.25) is 0 Å². The van der Waals surface area contributed by atoms with Crippen molar-refractivity contribution in [2.45, 2.75) is 44.6 Å². The molecule has 1 aliphatic rings. The first-order valence-corrected chi connectivity index (χ1v) is 12.1. The number of ether oxygens (including phenoxy) is 2. The highest BCUT2D eigenvalue weighted by Gasteiger charge is 2.22.